The largest absolute Gasteiger partial charge is 0.334 e. The molecule has 0 saturated heterocycles. The van der Waals surface area contributed by atoms with Gasteiger partial charge in [-0.05, 0) is 37.7 Å². The van der Waals surface area contributed by atoms with Gasteiger partial charge in [0.1, 0.15) is 5.82 Å². The van der Waals surface area contributed by atoms with Crippen molar-refractivity contribution in [2.75, 3.05) is 0 Å². The Hall–Kier alpha value is -1.61. The van der Waals surface area contributed by atoms with Crippen LogP contribution in [0.1, 0.15) is 37.1 Å². The second-order valence-electron chi connectivity index (χ2n) is 5.63. The number of nitrogens with zero attached hydrogens (tertiary/aromatic N) is 2. The van der Waals surface area contributed by atoms with Gasteiger partial charge in [-0.3, -0.25) is 0 Å². The number of aryl methyl sites for hydroxylation is 2. The molecule has 1 heterocycles. The average molecular weight is 269 g/mol. The molecule has 3 heteroatoms. The first-order valence-electron chi connectivity index (χ1n) is 7.69. The molecule has 1 aromatic carbocycles. The zero-order valence-corrected chi connectivity index (χ0v) is 12.0. The van der Waals surface area contributed by atoms with Crippen molar-refractivity contribution in [2.45, 2.75) is 51.2 Å². The van der Waals surface area contributed by atoms with Crippen LogP contribution < -0.4 is 5.32 Å². The Kier molecular flexibility index (Phi) is 4.49. The minimum Gasteiger partial charge on any atom is -0.334 e. The normalized spacial score (nSPS) is 14.6. The van der Waals surface area contributed by atoms with Crippen LogP contribution in [0.5, 0.6) is 0 Å². The van der Waals surface area contributed by atoms with E-state index in [0.29, 0.717) is 0 Å². The summed E-state index contributed by atoms with van der Waals surface area (Å²) in [4.78, 5) is 4.45. The summed E-state index contributed by atoms with van der Waals surface area (Å²) in [6.07, 6.45) is 10.3. The van der Waals surface area contributed by atoms with Crippen LogP contribution in [0, 0.1) is 0 Å². The number of rotatable bonds is 8. The van der Waals surface area contributed by atoms with Crippen LogP contribution in [0.3, 0.4) is 0 Å². The number of unbranched alkanes of at least 4 members (excludes halogenated alkanes) is 1. The summed E-state index contributed by atoms with van der Waals surface area (Å²) in [7, 11) is 0. The van der Waals surface area contributed by atoms with E-state index in [2.05, 4.69) is 51.4 Å². The van der Waals surface area contributed by atoms with Gasteiger partial charge in [0.05, 0.1) is 6.54 Å². The molecule has 3 nitrogen and oxygen atoms in total. The third kappa shape index (κ3) is 3.94. The number of nitrogens with one attached hydrogen (secondary N) is 1. The highest BCUT2D eigenvalue weighted by molar-refractivity contribution is 5.14. The fraction of sp³-hybridized carbons (Fsp3) is 0.471. The molecule has 1 saturated carbocycles. The van der Waals surface area contributed by atoms with Gasteiger partial charge in [-0.25, -0.2) is 4.98 Å². The Morgan fingerprint density at radius 2 is 2.00 bits per heavy atom. The van der Waals surface area contributed by atoms with E-state index in [1.807, 2.05) is 6.20 Å². The SMILES string of the molecule is c1ccc(CCCCn2ccnc2CNC2CC2)cc1. The predicted molar refractivity (Wildman–Crippen MR) is 81.5 cm³/mol. The van der Waals surface area contributed by atoms with Gasteiger partial charge in [-0.1, -0.05) is 30.3 Å². The fourth-order valence-electron chi connectivity index (χ4n) is 2.49. The molecule has 0 bridgehead atoms. The lowest BCUT2D eigenvalue weighted by Crippen LogP contribution is -2.18. The number of benzene rings is 1. The van der Waals surface area contributed by atoms with Gasteiger partial charge in [-0.2, -0.15) is 0 Å². The van der Waals surface area contributed by atoms with Crippen LogP contribution in [-0.2, 0) is 19.5 Å². The van der Waals surface area contributed by atoms with Crippen molar-refractivity contribution in [3.63, 3.8) is 0 Å². The number of hydrogen-bond acceptors (Lipinski definition) is 2. The molecule has 1 fully saturated rings. The van der Waals surface area contributed by atoms with Crippen LogP contribution in [0.15, 0.2) is 42.7 Å². The van der Waals surface area contributed by atoms with E-state index in [4.69, 9.17) is 0 Å². The monoisotopic (exact) mass is 269 g/mol. The second-order valence-corrected chi connectivity index (χ2v) is 5.63. The van der Waals surface area contributed by atoms with Crippen molar-refractivity contribution in [3.8, 4) is 0 Å². The third-order valence-electron chi connectivity index (χ3n) is 3.89. The first kappa shape index (κ1) is 13.4. The highest BCUT2D eigenvalue weighted by Gasteiger charge is 2.20. The zero-order chi connectivity index (χ0) is 13.6. The number of hydrogen-bond donors (Lipinski definition) is 1. The molecular weight excluding hydrogens is 246 g/mol. The molecule has 0 aliphatic heterocycles. The zero-order valence-electron chi connectivity index (χ0n) is 12.0. The van der Waals surface area contributed by atoms with E-state index in [-0.39, 0.29) is 0 Å². The molecular formula is C17H23N3. The lowest BCUT2D eigenvalue weighted by molar-refractivity contribution is 0.558. The third-order valence-corrected chi connectivity index (χ3v) is 3.89. The highest BCUT2D eigenvalue weighted by atomic mass is 15.1. The quantitative estimate of drug-likeness (QED) is 0.746. The van der Waals surface area contributed by atoms with Gasteiger partial charge < -0.3 is 9.88 Å². The van der Waals surface area contributed by atoms with E-state index in [1.165, 1.54) is 43.5 Å². The Morgan fingerprint density at radius 1 is 1.15 bits per heavy atom. The first-order valence-corrected chi connectivity index (χ1v) is 7.69. The summed E-state index contributed by atoms with van der Waals surface area (Å²) in [5, 5.41) is 3.53. The van der Waals surface area contributed by atoms with Crippen LogP contribution in [0.25, 0.3) is 0 Å². The molecule has 1 aliphatic rings. The summed E-state index contributed by atoms with van der Waals surface area (Å²) in [6.45, 7) is 1.99. The van der Waals surface area contributed by atoms with E-state index >= 15 is 0 Å². The Labute approximate surface area is 121 Å². The van der Waals surface area contributed by atoms with Crippen molar-refractivity contribution in [1.29, 1.82) is 0 Å². The van der Waals surface area contributed by atoms with E-state index in [1.54, 1.807) is 0 Å². The summed E-state index contributed by atoms with van der Waals surface area (Å²) < 4.78 is 2.29. The van der Waals surface area contributed by atoms with Crippen molar-refractivity contribution in [3.05, 3.63) is 54.1 Å². The Morgan fingerprint density at radius 3 is 2.80 bits per heavy atom. The lowest BCUT2D eigenvalue weighted by atomic mass is 10.1. The molecule has 1 N–H and O–H groups in total. The highest BCUT2D eigenvalue weighted by Crippen LogP contribution is 2.19. The molecule has 0 amide bonds. The maximum atomic E-state index is 4.45. The van der Waals surface area contributed by atoms with Gasteiger partial charge in [0.2, 0.25) is 0 Å². The summed E-state index contributed by atoms with van der Waals surface area (Å²) in [5.74, 6) is 1.18. The molecule has 106 valence electrons. The van der Waals surface area contributed by atoms with Crippen molar-refractivity contribution < 1.29 is 0 Å². The maximum absolute atomic E-state index is 4.45. The van der Waals surface area contributed by atoms with Crippen molar-refractivity contribution in [2.24, 2.45) is 0 Å². The van der Waals surface area contributed by atoms with Gasteiger partial charge in [-0.15, -0.1) is 0 Å². The molecule has 0 radical (unpaired) electrons. The number of imidazole rings is 1. The Bertz CT molecular complexity index is 514. The van der Waals surface area contributed by atoms with E-state index < -0.39 is 0 Å². The molecule has 1 aromatic heterocycles. The molecule has 2 aromatic rings. The molecule has 0 unspecified atom stereocenters. The molecule has 0 spiro atoms. The topological polar surface area (TPSA) is 29.9 Å². The minimum atomic E-state index is 0.748. The predicted octanol–water partition coefficient (Wildman–Crippen LogP) is 3.16. The van der Waals surface area contributed by atoms with Crippen molar-refractivity contribution >= 4 is 0 Å². The molecule has 0 atom stereocenters. The smallest absolute Gasteiger partial charge is 0.122 e. The lowest BCUT2D eigenvalue weighted by Gasteiger charge is -2.08. The minimum absolute atomic E-state index is 0.748. The number of aromatic nitrogens is 2. The van der Waals surface area contributed by atoms with Gasteiger partial charge in [0.25, 0.3) is 0 Å². The fourth-order valence-corrected chi connectivity index (χ4v) is 2.49. The standard InChI is InChI=1S/C17H23N3/c1-2-6-15(7-3-1)8-4-5-12-20-13-11-18-17(20)14-19-16-9-10-16/h1-3,6-7,11,13,16,19H,4-5,8-10,12,14H2. The van der Waals surface area contributed by atoms with Crippen LogP contribution >= 0.6 is 0 Å². The summed E-state index contributed by atoms with van der Waals surface area (Å²) >= 11 is 0. The van der Waals surface area contributed by atoms with Crippen LogP contribution in [-0.4, -0.2) is 15.6 Å². The Balaban J connectivity index is 1.40. The molecule has 20 heavy (non-hydrogen) atoms. The van der Waals surface area contributed by atoms with E-state index in [0.717, 1.165) is 19.1 Å². The summed E-state index contributed by atoms with van der Waals surface area (Å²) in [5.41, 5.74) is 1.44. The molecule has 3 rings (SSSR count). The van der Waals surface area contributed by atoms with Gasteiger partial charge >= 0.3 is 0 Å². The van der Waals surface area contributed by atoms with Crippen LogP contribution in [0.4, 0.5) is 0 Å². The van der Waals surface area contributed by atoms with E-state index in [9.17, 15) is 0 Å². The molecule has 1 aliphatic carbocycles. The average Bonchev–Trinajstić information content (AvgIpc) is 3.21. The van der Waals surface area contributed by atoms with Crippen molar-refractivity contribution in [1.82, 2.24) is 14.9 Å². The van der Waals surface area contributed by atoms with Crippen LogP contribution in [0.2, 0.25) is 0 Å². The second kappa shape index (κ2) is 6.71. The summed E-state index contributed by atoms with van der Waals surface area (Å²) in [6, 6.07) is 11.5. The maximum Gasteiger partial charge on any atom is 0.122 e. The van der Waals surface area contributed by atoms with Gasteiger partial charge in [0, 0.05) is 25.0 Å². The first-order chi connectivity index (χ1) is 9.92. The van der Waals surface area contributed by atoms with Gasteiger partial charge in [0.15, 0.2) is 0 Å².